The summed E-state index contributed by atoms with van der Waals surface area (Å²) in [5.74, 6) is 0.824. The molecule has 0 unspecified atom stereocenters. The molecule has 0 aliphatic heterocycles. The van der Waals surface area contributed by atoms with Gasteiger partial charge in [0.2, 0.25) is 0 Å². The maximum absolute atomic E-state index is 5.84. The molecule has 0 bridgehead atoms. The lowest BCUT2D eigenvalue weighted by Crippen LogP contribution is -2.10. The Morgan fingerprint density at radius 3 is 2.63 bits per heavy atom. The Balaban J connectivity index is 2.10. The topological polar surface area (TPSA) is 47.0 Å². The normalized spacial score (nSPS) is 10.7. The number of hydrogen-bond acceptors (Lipinski definition) is 5. The first kappa shape index (κ1) is 14.0. The summed E-state index contributed by atoms with van der Waals surface area (Å²) < 4.78 is 5.84. The molecule has 4 nitrogen and oxygen atoms in total. The SMILES string of the molecule is CNCc1nc(C)ccc1OCc1nc(C)c(C)s1. The maximum Gasteiger partial charge on any atom is 0.142 e. The van der Waals surface area contributed by atoms with Gasteiger partial charge in [-0.15, -0.1) is 11.3 Å². The summed E-state index contributed by atoms with van der Waals surface area (Å²) in [5, 5.41) is 4.11. The molecule has 0 aliphatic carbocycles. The summed E-state index contributed by atoms with van der Waals surface area (Å²) in [7, 11) is 1.90. The quantitative estimate of drug-likeness (QED) is 0.913. The second kappa shape index (κ2) is 6.12. The van der Waals surface area contributed by atoms with Crippen molar-refractivity contribution >= 4 is 11.3 Å². The van der Waals surface area contributed by atoms with E-state index >= 15 is 0 Å². The van der Waals surface area contributed by atoms with Crippen molar-refractivity contribution in [2.75, 3.05) is 7.05 Å². The van der Waals surface area contributed by atoms with Crippen molar-refractivity contribution in [2.24, 2.45) is 0 Å². The molecule has 0 radical (unpaired) electrons. The first-order chi connectivity index (χ1) is 9.10. The number of nitrogens with zero attached hydrogens (tertiary/aromatic N) is 2. The first-order valence-corrected chi connectivity index (χ1v) is 7.08. The smallest absolute Gasteiger partial charge is 0.142 e. The van der Waals surface area contributed by atoms with Crippen LogP contribution in [0.25, 0.3) is 0 Å². The van der Waals surface area contributed by atoms with E-state index in [1.54, 1.807) is 11.3 Å². The number of ether oxygens (including phenoxy) is 1. The van der Waals surface area contributed by atoms with Crippen LogP contribution in [0.4, 0.5) is 0 Å². The first-order valence-electron chi connectivity index (χ1n) is 6.27. The maximum atomic E-state index is 5.84. The fraction of sp³-hybridized carbons (Fsp3) is 0.429. The van der Waals surface area contributed by atoms with Gasteiger partial charge in [-0.05, 0) is 40.0 Å². The molecule has 0 amide bonds. The van der Waals surface area contributed by atoms with Gasteiger partial charge < -0.3 is 10.1 Å². The second-order valence-corrected chi connectivity index (χ2v) is 5.75. The number of rotatable bonds is 5. The number of hydrogen-bond donors (Lipinski definition) is 1. The fourth-order valence-electron chi connectivity index (χ4n) is 1.76. The summed E-state index contributed by atoms with van der Waals surface area (Å²) in [5.41, 5.74) is 3.02. The van der Waals surface area contributed by atoms with Crippen LogP contribution in [0.5, 0.6) is 5.75 Å². The number of pyridine rings is 1. The lowest BCUT2D eigenvalue weighted by atomic mass is 10.3. The van der Waals surface area contributed by atoms with Gasteiger partial charge in [-0.2, -0.15) is 0 Å². The zero-order valence-electron chi connectivity index (χ0n) is 11.8. The van der Waals surface area contributed by atoms with Crippen LogP contribution in [0.3, 0.4) is 0 Å². The highest BCUT2D eigenvalue weighted by Gasteiger charge is 2.08. The van der Waals surface area contributed by atoms with Crippen molar-refractivity contribution in [3.8, 4) is 5.75 Å². The van der Waals surface area contributed by atoms with E-state index in [0.29, 0.717) is 13.2 Å². The molecule has 2 rings (SSSR count). The standard InChI is InChI=1S/C14H19N3OS/c1-9-5-6-13(12(16-9)7-15-4)18-8-14-17-10(2)11(3)19-14/h5-6,15H,7-8H2,1-4H3. The highest BCUT2D eigenvalue weighted by atomic mass is 32.1. The van der Waals surface area contributed by atoms with Crippen LogP contribution < -0.4 is 10.1 Å². The molecule has 0 atom stereocenters. The molecule has 2 aromatic rings. The van der Waals surface area contributed by atoms with E-state index in [4.69, 9.17) is 4.74 Å². The number of nitrogens with one attached hydrogen (secondary N) is 1. The van der Waals surface area contributed by atoms with Crippen LogP contribution >= 0.6 is 11.3 Å². The third kappa shape index (κ3) is 3.52. The van der Waals surface area contributed by atoms with Crippen LogP contribution in [0.15, 0.2) is 12.1 Å². The number of aromatic nitrogens is 2. The molecule has 0 spiro atoms. The Labute approximate surface area is 117 Å². The molecule has 2 heterocycles. The van der Waals surface area contributed by atoms with Crippen LogP contribution in [-0.4, -0.2) is 17.0 Å². The van der Waals surface area contributed by atoms with Crippen LogP contribution in [0.2, 0.25) is 0 Å². The summed E-state index contributed by atoms with van der Waals surface area (Å²) in [6.45, 7) is 7.29. The van der Waals surface area contributed by atoms with Gasteiger partial charge in [-0.25, -0.2) is 4.98 Å². The van der Waals surface area contributed by atoms with E-state index in [2.05, 4.69) is 22.2 Å². The minimum atomic E-state index is 0.501. The molecule has 1 N–H and O–H groups in total. The molecule has 5 heteroatoms. The van der Waals surface area contributed by atoms with E-state index in [0.717, 1.165) is 27.8 Å². The molecule has 102 valence electrons. The van der Waals surface area contributed by atoms with Crippen LogP contribution in [-0.2, 0) is 13.2 Å². The predicted molar refractivity (Wildman–Crippen MR) is 77.7 cm³/mol. The van der Waals surface area contributed by atoms with Gasteiger partial charge in [-0.3, -0.25) is 4.98 Å². The second-order valence-electron chi connectivity index (χ2n) is 4.47. The highest BCUT2D eigenvalue weighted by Crippen LogP contribution is 2.21. The predicted octanol–water partition coefficient (Wildman–Crippen LogP) is 2.76. The summed E-state index contributed by atoms with van der Waals surface area (Å²) >= 11 is 1.68. The minimum absolute atomic E-state index is 0.501. The van der Waals surface area contributed by atoms with E-state index in [9.17, 15) is 0 Å². The molecule has 0 saturated carbocycles. The van der Waals surface area contributed by atoms with E-state index in [-0.39, 0.29) is 0 Å². The molecular formula is C14H19N3OS. The molecular weight excluding hydrogens is 258 g/mol. The summed E-state index contributed by atoms with van der Waals surface area (Å²) in [6.07, 6.45) is 0. The van der Waals surface area contributed by atoms with Crippen LogP contribution in [0.1, 0.15) is 27.0 Å². The Morgan fingerprint density at radius 2 is 2.00 bits per heavy atom. The fourth-order valence-corrected chi connectivity index (χ4v) is 2.61. The van der Waals surface area contributed by atoms with Gasteiger partial charge in [0.05, 0.1) is 11.4 Å². The Hall–Kier alpha value is -1.46. The van der Waals surface area contributed by atoms with Crippen molar-refractivity contribution in [3.63, 3.8) is 0 Å². The average molecular weight is 277 g/mol. The van der Waals surface area contributed by atoms with Crippen molar-refractivity contribution in [3.05, 3.63) is 39.1 Å². The monoisotopic (exact) mass is 277 g/mol. The Bertz CT molecular complexity index is 546. The highest BCUT2D eigenvalue weighted by molar-refractivity contribution is 7.11. The van der Waals surface area contributed by atoms with Gasteiger partial charge in [-0.1, -0.05) is 0 Å². The van der Waals surface area contributed by atoms with E-state index in [1.807, 2.05) is 33.0 Å². The van der Waals surface area contributed by atoms with Crippen molar-refractivity contribution in [1.82, 2.24) is 15.3 Å². The molecule has 0 aromatic carbocycles. The number of aryl methyl sites for hydroxylation is 3. The Morgan fingerprint density at radius 1 is 1.21 bits per heavy atom. The molecule has 0 aliphatic rings. The Kier molecular flexibility index (Phi) is 4.50. The molecule has 0 fully saturated rings. The number of thiazole rings is 1. The zero-order valence-corrected chi connectivity index (χ0v) is 12.6. The average Bonchev–Trinajstić information content (AvgIpc) is 2.68. The largest absolute Gasteiger partial charge is 0.484 e. The molecule has 0 saturated heterocycles. The zero-order chi connectivity index (χ0) is 13.8. The summed E-state index contributed by atoms with van der Waals surface area (Å²) in [6, 6.07) is 3.94. The molecule has 2 aromatic heterocycles. The van der Waals surface area contributed by atoms with Gasteiger partial charge in [0.25, 0.3) is 0 Å². The van der Waals surface area contributed by atoms with Crippen LogP contribution in [0, 0.1) is 20.8 Å². The minimum Gasteiger partial charge on any atom is -0.484 e. The third-order valence-corrected chi connectivity index (χ3v) is 3.89. The lowest BCUT2D eigenvalue weighted by Gasteiger charge is -2.10. The van der Waals surface area contributed by atoms with Crippen molar-refractivity contribution in [1.29, 1.82) is 0 Å². The van der Waals surface area contributed by atoms with Gasteiger partial charge in [0.15, 0.2) is 0 Å². The van der Waals surface area contributed by atoms with Gasteiger partial charge in [0.1, 0.15) is 17.4 Å². The lowest BCUT2D eigenvalue weighted by molar-refractivity contribution is 0.299. The van der Waals surface area contributed by atoms with Gasteiger partial charge >= 0.3 is 0 Å². The van der Waals surface area contributed by atoms with E-state index in [1.165, 1.54) is 4.88 Å². The molecule has 19 heavy (non-hydrogen) atoms. The van der Waals surface area contributed by atoms with Crippen molar-refractivity contribution in [2.45, 2.75) is 33.9 Å². The van der Waals surface area contributed by atoms with Gasteiger partial charge in [0, 0.05) is 17.1 Å². The summed E-state index contributed by atoms with van der Waals surface area (Å²) in [4.78, 5) is 10.2. The van der Waals surface area contributed by atoms with Crippen molar-refractivity contribution < 1.29 is 4.74 Å². The van der Waals surface area contributed by atoms with E-state index < -0.39 is 0 Å². The third-order valence-electron chi connectivity index (χ3n) is 2.84.